The Morgan fingerprint density at radius 1 is 1.35 bits per heavy atom. The second-order valence-electron chi connectivity index (χ2n) is 5.23. The predicted molar refractivity (Wildman–Crippen MR) is 71.8 cm³/mol. The minimum Gasteiger partial charge on any atom is -0.464 e. The highest BCUT2D eigenvalue weighted by Gasteiger charge is 2.55. The summed E-state index contributed by atoms with van der Waals surface area (Å²) in [4.78, 5) is 22.3. The van der Waals surface area contributed by atoms with Crippen molar-refractivity contribution in [2.45, 2.75) is 32.0 Å². The Morgan fingerprint density at radius 3 is 2.55 bits per heavy atom. The molecular weight excluding hydrogens is 260 g/mol. The fourth-order valence-electron chi connectivity index (χ4n) is 1.77. The molecule has 2 rings (SSSR count). The fourth-order valence-corrected chi connectivity index (χ4v) is 1.77. The number of hydrogen-bond acceptors (Lipinski definition) is 5. The van der Waals surface area contributed by atoms with Gasteiger partial charge in [0.25, 0.3) is 0 Å². The van der Waals surface area contributed by atoms with Crippen LogP contribution in [0, 0.1) is 0 Å². The van der Waals surface area contributed by atoms with E-state index in [1.165, 1.54) is 0 Å². The second-order valence-corrected chi connectivity index (χ2v) is 5.23. The van der Waals surface area contributed by atoms with Crippen LogP contribution in [0.15, 0.2) is 30.3 Å². The number of benzene rings is 1. The van der Waals surface area contributed by atoms with E-state index in [2.05, 4.69) is 0 Å². The molecule has 0 N–H and O–H groups in total. The van der Waals surface area contributed by atoms with Crippen molar-refractivity contribution in [2.24, 2.45) is 0 Å². The minimum atomic E-state index is -0.983. The van der Waals surface area contributed by atoms with Crippen molar-refractivity contribution in [2.75, 3.05) is 19.8 Å². The molecule has 1 aliphatic rings. The van der Waals surface area contributed by atoms with Gasteiger partial charge < -0.3 is 9.47 Å². The summed E-state index contributed by atoms with van der Waals surface area (Å²) >= 11 is 0. The summed E-state index contributed by atoms with van der Waals surface area (Å²) in [7, 11) is 0. The van der Waals surface area contributed by atoms with Crippen LogP contribution in [0.25, 0.3) is 0 Å². The van der Waals surface area contributed by atoms with Gasteiger partial charge in [-0.25, -0.2) is 14.6 Å². The lowest BCUT2D eigenvalue weighted by molar-refractivity contribution is -0.362. The van der Waals surface area contributed by atoms with E-state index in [-0.39, 0.29) is 6.61 Å². The number of rotatable bonds is 7. The molecule has 110 valence electrons. The number of carbonyl (C=O) groups is 1. The van der Waals surface area contributed by atoms with Crippen LogP contribution in [0.4, 0.5) is 0 Å². The highest BCUT2D eigenvalue weighted by molar-refractivity contribution is 5.82. The maximum Gasteiger partial charge on any atom is 0.343 e. The highest BCUT2D eigenvalue weighted by atomic mass is 17.2. The van der Waals surface area contributed by atoms with Crippen LogP contribution in [0.2, 0.25) is 0 Å². The molecule has 0 saturated carbocycles. The minimum absolute atomic E-state index is 0.0299. The van der Waals surface area contributed by atoms with Crippen LogP contribution in [-0.4, -0.2) is 31.4 Å². The Labute approximate surface area is 118 Å². The molecule has 0 bridgehead atoms. The van der Waals surface area contributed by atoms with Gasteiger partial charge >= 0.3 is 5.97 Å². The largest absolute Gasteiger partial charge is 0.464 e. The van der Waals surface area contributed by atoms with Crippen LogP contribution >= 0.6 is 0 Å². The Balaban J connectivity index is 1.85. The van der Waals surface area contributed by atoms with Gasteiger partial charge in [-0.1, -0.05) is 30.3 Å². The molecule has 1 aliphatic heterocycles. The van der Waals surface area contributed by atoms with Crippen molar-refractivity contribution in [1.82, 2.24) is 0 Å². The first kappa shape index (κ1) is 15.0. The third-order valence-electron chi connectivity index (χ3n) is 3.17. The molecule has 1 unspecified atom stereocenters. The van der Waals surface area contributed by atoms with Crippen molar-refractivity contribution in [3.63, 3.8) is 0 Å². The summed E-state index contributed by atoms with van der Waals surface area (Å²) in [5.74, 6) is -0.402. The zero-order valence-electron chi connectivity index (χ0n) is 12.0. The summed E-state index contributed by atoms with van der Waals surface area (Å²) in [6, 6.07) is 9.72. The van der Waals surface area contributed by atoms with E-state index in [1.54, 1.807) is 6.92 Å². The predicted octanol–water partition coefficient (Wildman–Crippen LogP) is 2.20. The molecule has 1 aromatic carbocycles. The van der Waals surface area contributed by atoms with Crippen molar-refractivity contribution >= 4 is 5.97 Å². The van der Waals surface area contributed by atoms with Gasteiger partial charge in [-0.15, -0.1) is 0 Å². The molecule has 1 fully saturated rings. The summed E-state index contributed by atoms with van der Waals surface area (Å²) in [6.07, 6.45) is 0. The van der Waals surface area contributed by atoms with Crippen LogP contribution in [0.1, 0.15) is 26.3 Å². The topological polar surface area (TPSA) is 57.3 Å². The molecule has 1 aromatic rings. The molecule has 0 radical (unpaired) electrons. The van der Waals surface area contributed by atoms with E-state index >= 15 is 0 Å². The average molecular weight is 280 g/mol. The lowest BCUT2D eigenvalue weighted by Gasteiger charge is -2.24. The van der Waals surface area contributed by atoms with E-state index in [0.717, 1.165) is 5.56 Å². The number of esters is 1. The number of epoxide rings is 1. The van der Waals surface area contributed by atoms with Gasteiger partial charge in [-0.3, -0.25) is 0 Å². The van der Waals surface area contributed by atoms with Crippen molar-refractivity contribution < 1.29 is 24.0 Å². The normalized spacial score (nSPS) is 21.6. The van der Waals surface area contributed by atoms with E-state index in [9.17, 15) is 4.79 Å². The fraction of sp³-hybridized carbons (Fsp3) is 0.533. The molecular formula is C15H20O5. The maximum absolute atomic E-state index is 11.7. The van der Waals surface area contributed by atoms with Crippen LogP contribution in [-0.2, 0) is 29.6 Å². The van der Waals surface area contributed by atoms with Crippen LogP contribution in [0.5, 0.6) is 0 Å². The molecule has 0 spiro atoms. The molecule has 1 atom stereocenters. The highest BCUT2D eigenvalue weighted by Crippen LogP contribution is 2.31. The monoisotopic (exact) mass is 280 g/mol. The molecule has 0 aromatic heterocycles. The van der Waals surface area contributed by atoms with Gasteiger partial charge in [0.2, 0.25) is 5.60 Å². The smallest absolute Gasteiger partial charge is 0.343 e. The quantitative estimate of drug-likeness (QED) is 0.332. The van der Waals surface area contributed by atoms with Crippen molar-refractivity contribution in [1.29, 1.82) is 0 Å². The van der Waals surface area contributed by atoms with Gasteiger partial charge in [-0.05, 0) is 26.3 Å². The standard InChI is InChI=1S/C15H20O5/c1-4-17-13(16)15(10-18-15)11-19-20-14(2,3)12-8-6-5-7-9-12/h5-9H,4,10-11H2,1-3H3. The maximum atomic E-state index is 11.7. The molecule has 1 heterocycles. The first-order valence-electron chi connectivity index (χ1n) is 6.67. The SMILES string of the molecule is CCOC(=O)C1(COOC(C)(C)c2ccccc2)CO1. The number of carbonyl (C=O) groups excluding carboxylic acids is 1. The summed E-state index contributed by atoms with van der Waals surface area (Å²) in [5, 5.41) is 0. The third-order valence-corrected chi connectivity index (χ3v) is 3.17. The zero-order chi connectivity index (χ0) is 14.6. The molecule has 20 heavy (non-hydrogen) atoms. The lowest BCUT2D eigenvalue weighted by atomic mass is 9.99. The van der Waals surface area contributed by atoms with Gasteiger partial charge in [0.1, 0.15) is 12.2 Å². The van der Waals surface area contributed by atoms with E-state index in [0.29, 0.717) is 13.2 Å². The summed E-state index contributed by atoms with van der Waals surface area (Å²) in [5.41, 5.74) is -0.601. The van der Waals surface area contributed by atoms with Gasteiger partial charge in [0, 0.05) is 0 Å². The van der Waals surface area contributed by atoms with Crippen LogP contribution < -0.4 is 0 Å². The summed E-state index contributed by atoms with van der Waals surface area (Å²) < 4.78 is 10.1. The number of hydrogen-bond donors (Lipinski definition) is 0. The van der Waals surface area contributed by atoms with Gasteiger partial charge in [-0.2, -0.15) is 0 Å². The van der Waals surface area contributed by atoms with Crippen molar-refractivity contribution in [3.05, 3.63) is 35.9 Å². The Bertz CT molecular complexity index is 451. The zero-order valence-corrected chi connectivity index (χ0v) is 12.0. The van der Waals surface area contributed by atoms with Crippen LogP contribution in [0.3, 0.4) is 0 Å². The van der Waals surface area contributed by atoms with E-state index < -0.39 is 17.2 Å². The first-order valence-corrected chi connectivity index (χ1v) is 6.67. The Morgan fingerprint density at radius 2 is 2.00 bits per heavy atom. The first-order chi connectivity index (χ1) is 9.50. The molecule has 5 nitrogen and oxygen atoms in total. The van der Waals surface area contributed by atoms with Gasteiger partial charge in [0.05, 0.1) is 13.2 Å². The Hall–Kier alpha value is -1.43. The lowest BCUT2D eigenvalue weighted by Crippen LogP contribution is -2.34. The molecule has 5 heteroatoms. The molecule has 0 amide bonds. The number of ether oxygens (including phenoxy) is 2. The van der Waals surface area contributed by atoms with Crippen molar-refractivity contribution in [3.8, 4) is 0 Å². The second kappa shape index (κ2) is 5.91. The Kier molecular flexibility index (Phi) is 4.42. The summed E-state index contributed by atoms with van der Waals surface area (Å²) in [6.45, 7) is 6.20. The third kappa shape index (κ3) is 3.36. The molecule has 1 saturated heterocycles. The van der Waals surface area contributed by atoms with E-state index in [1.807, 2.05) is 44.2 Å². The van der Waals surface area contributed by atoms with Gasteiger partial charge in [0.15, 0.2) is 0 Å². The molecule has 0 aliphatic carbocycles. The van der Waals surface area contributed by atoms with E-state index in [4.69, 9.17) is 19.2 Å². The average Bonchev–Trinajstić information content (AvgIpc) is 3.21.